The van der Waals surface area contributed by atoms with Gasteiger partial charge >= 0.3 is 5.97 Å². The lowest BCUT2D eigenvalue weighted by Gasteiger charge is -2.09. The van der Waals surface area contributed by atoms with Crippen LogP contribution < -0.4 is 21.5 Å². The number of carbonyl (C=O) groups is 2. The highest BCUT2D eigenvalue weighted by atomic mass is 35.5. The molecule has 0 unspecified atom stereocenters. The minimum Gasteiger partial charge on any atom is -0.497 e. The Labute approximate surface area is 197 Å². The summed E-state index contributed by atoms with van der Waals surface area (Å²) in [5.41, 5.74) is 10.7. The Morgan fingerprint density at radius 2 is 1.39 bits per heavy atom. The molecule has 0 saturated heterocycles. The van der Waals surface area contributed by atoms with E-state index in [2.05, 4.69) is 5.32 Å². The number of ether oxygens (including phenoxy) is 1. The van der Waals surface area contributed by atoms with Crippen LogP contribution >= 0.6 is 23.2 Å². The van der Waals surface area contributed by atoms with Crippen LogP contribution in [0.5, 0.6) is 5.75 Å². The summed E-state index contributed by atoms with van der Waals surface area (Å²) in [6, 6.07) is 12.2. The van der Waals surface area contributed by atoms with Gasteiger partial charge in [0.05, 0.1) is 39.7 Å². The third-order valence-corrected chi connectivity index (χ3v) is 4.94. The Balaban J connectivity index is 0.000000273. The molecular weight excluding hydrogens is 479 g/mol. The molecule has 6 N–H and O–H groups in total. The molecule has 33 heavy (non-hydrogen) atoms. The van der Waals surface area contributed by atoms with E-state index in [0.29, 0.717) is 6.54 Å². The van der Waals surface area contributed by atoms with Crippen molar-refractivity contribution in [3.63, 3.8) is 0 Å². The first kappa shape index (κ1) is 25.7. The number of anilines is 2. The number of nitrogen functional groups attached to an aromatic ring is 2. The van der Waals surface area contributed by atoms with E-state index < -0.39 is 29.2 Å². The maximum absolute atomic E-state index is 13.5. The van der Waals surface area contributed by atoms with E-state index in [9.17, 15) is 18.4 Å². The lowest BCUT2D eigenvalue weighted by atomic mass is 10.1. The van der Waals surface area contributed by atoms with Gasteiger partial charge in [-0.15, -0.1) is 0 Å². The van der Waals surface area contributed by atoms with Gasteiger partial charge in [0.15, 0.2) is 11.6 Å². The molecule has 0 fully saturated rings. The van der Waals surface area contributed by atoms with Gasteiger partial charge in [-0.1, -0.05) is 35.3 Å². The number of carboxylic acids is 1. The first-order valence-corrected chi connectivity index (χ1v) is 9.93. The number of methoxy groups -OCH3 is 1. The molecule has 0 radical (unpaired) electrons. The van der Waals surface area contributed by atoms with Crippen LogP contribution in [0.25, 0.3) is 0 Å². The van der Waals surface area contributed by atoms with Crippen LogP contribution in [0.3, 0.4) is 0 Å². The predicted octanol–water partition coefficient (Wildman–Crippen LogP) is 4.76. The Kier molecular flexibility index (Phi) is 8.84. The summed E-state index contributed by atoms with van der Waals surface area (Å²) in [6.45, 7) is 0.298. The number of amides is 1. The highest BCUT2D eigenvalue weighted by Gasteiger charge is 2.15. The van der Waals surface area contributed by atoms with Gasteiger partial charge in [0.2, 0.25) is 0 Å². The fourth-order valence-electron chi connectivity index (χ4n) is 2.54. The van der Waals surface area contributed by atoms with Crippen LogP contribution in [0.15, 0.2) is 48.5 Å². The molecule has 0 aliphatic heterocycles. The second kappa shape index (κ2) is 11.3. The van der Waals surface area contributed by atoms with Crippen LogP contribution in [0.1, 0.15) is 26.3 Å². The van der Waals surface area contributed by atoms with E-state index in [-0.39, 0.29) is 26.9 Å². The lowest BCUT2D eigenvalue weighted by molar-refractivity contribution is 0.0697. The molecule has 7 nitrogen and oxygen atoms in total. The quantitative estimate of drug-likeness (QED) is 0.376. The van der Waals surface area contributed by atoms with E-state index in [1.807, 2.05) is 12.1 Å². The van der Waals surface area contributed by atoms with Crippen molar-refractivity contribution >= 4 is 46.5 Å². The summed E-state index contributed by atoms with van der Waals surface area (Å²) in [5, 5.41) is 10.9. The number of halogens is 4. The van der Waals surface area contributed by atoms with Gasteiger partial charge in [-0.25, -0.2) is 13.6 Å². The Hall–Kier alpha value is -3.56. The standard InChI is InChI=1S/C15H14ClFN2O2.C7H5ClFNO2/c1-21-10-4-2-9(3-5-10)8-19-15(20)11-6-7-12(16)13(17)14(11)18;8-4-2-1-3(7(11)12)6(10)5(4)9/h2-7H,8,18H2,1H3,(H,19,20);1-2H,10H2,(H,11,12). The maximum atomic E-state index is 13.5. The van der Waals surface area contributed by atoms with E-state index in [1.165, 1.54) is 12.1 Å². The number of carbonyl (C=O) groups excluding carboxylic acids is 1. The number of hydrogen-bond donors (Lipinski definition) is 4. The summed E-state index contributed by atoms with van der Waals surface area (Å²) in [5.74, 6) is -2.68. The van der Waals surface area contributed by atoms with Crippen LogP contribution in [0, 0.1) is 11.6 Å². The average molecular weight is 498 g/mol. The molecule has 11 heteroatoms. The zero-order chi connectivity index (χ0) is 24.7. The summed E-state index contributed by atoms with van der Waals surface area (Å²) >= 11 is 10.9. The van der Waals surface area contributed by atoms with Gasteiger partial charge in [0.25, 0.3) is 5.91 Å². The second-order valence-corrected chi connectivity index (χ2v) is 7.30. The lowest BCUT2D eigenvalue weighted by Crippen LogP contribution is -2.24. The van der Waals surface area contributed by atoms with E-state index in [0.717, 1.165) is 23.4 Å². The SMILES string of the molecule is COc1ccc(CNC(=O)c2ccc(Cl)c(F)c2N)cc1.Nc1c(C(=O)O)ccc(Cl)c1F. The van der Waals surface area contributed by atoms with Gasteiger partial charge in [0.1, 0.15) is 5.75 Å². The molecule has 3 aromatic rings. The van der Waals surface area contributed by atoms with Gasteiger partial charge in [-0.3, -0.25) is 4.79 Å². The normalized spacial score (nSPS) is 10.1. The molecule has 3 aromatic carbocycles. The largest absolute Gasteiger partial charge is 0.497 e. The maximum Gasteiger partial charge on any atom is 0.337 e. The van der Waals surface area contributed by atoms with Crippen molar-refractivity contribution in [3.05, 3.63) is 86.9 Å². The van der Waals surface area contributed by atoms with Crippen molar-refractivity contribution < 1.29 is 28.2 Å². The van der Waals surface area contributed by atoms with Crippen LogP contribution in [-0.2, 0) is 6.54 Å². The minimum atomic E-state index is -1.27. The molecule has 0 saturated carbocycles. The summed E-state index contributed by atoms with van der Waals surface area (Å²) in [6.07, 6.45) is 0. The van der Waals surface area contributed by atoms with Gasteiger partial charge < -0.3 is 26.6 Å². The highest BCUT2D eigenvalue weighted by Crippen LogP contribution is 2.24. The minimum absolute atomic E-state index is 0.0606. The number of benzene rings is 3. The van der Waals surface area contributed by atoms with Gasteiger partial charge in [-0.2, -0.15) is 0 Å². The first-order chi connectivity index (χ1) is 15.6. The molecule has 0 aliphatic carbocycles. The molecule has 0 aromatic heterocycles. The molecule has 0 heterocycles. The molecule has 0 bridgehead atoms. The summed E-state index contributed by atoms with van der Waals surface area (Å²) in [7, 11) is 1.58. The highest BCUT2D eigenvalue weighted by molar-refractivity contribution is 6.31. The number of aromatic carboxylic acids is 1. The molecule has 0 spiro atoms. The smallest absolute Gasteiger partial charge is 0.337 e. The Bertz CT molecular complexity index is 1180. The monoisotopic (exact) mass is 497 g/mol. The summed E-state index contributed by atoms with van der Waals surface area (Å²) in [4.78, 5) is 22.4. The number of hydrogen-bond acceptors (Lipinski definition) is 5. The van der Waals surface area contributed by atoms with Crippen LogP contribution in [0.4, 0.5) is 20.2 Å². The molecule has 0 aliphatic rings. The van der Waals surface area contributed by atoms with E-state index in [4.69, 9.17) is 44.5 Å². The predicted molar refractivity (Wildman–Crippen MR) is 123 cm³/mol. The van der Waals surface area contributed by atoms with E-state index in [1.54, 1.807) is 19.2 Å². The van der Waals surface area contributed by atoms with Crippen molar-refractivity contribution in [2.45, 2.75) is 6.54 Å². The van der Waals surface area contributed by atoms with Gasteiger partial charge in [0, 0.05) is 6.54 Å². The fourth-order valence-corrected chi connectivity index (χ4v) is 2.87. The zero-order valence-corrected chi connectivity index (χ0v) is 18.7. The third kappa shape index (κ3) is 6.47. The topological polar surface area (TPSA) is 128 Å². The average Bonchev–Trinajstić information content (AvgIpc) is 2.80. The van der Waals surface area contributed by atoms with Crippen LogP contribution in [0.2, 0.25) is 10.0 Å². The number of nitrogens with two attached hydrogens (primary N) is 2. The number of carboxylic acid groups (broad SMARTS) is 1. The molecule has 174 valence electrons. The van der Waals surface area contributed by atoms with Gasteiger partial charge in [-0.05, 0) is 42.0 Å². The molecule has 1 amide bonds. The first-order valence-electron chi connectivity index (χ1n) is 9.18. The Morgan fingerprint density at radius 3 is 1.88 bits per heavy atom. The summed E-state index contributed by atoms with van der Waals surface area (Å²) < 4.78 is 31.4. The van der Waals surface area contributed by atoms with Crippen molar-refractivity contribution in [1.29, 1.82) is 0 Å². The van der Waals surface area contributed by atoms with Crippen molar-refractivity contribution in [2.24, 2.45) is 0 Å². The van der Waals surface area contributed by atoms with Crippen molar-refractivity contribution in [3.8, 4) is 5.75 Å². The third-order valence-electron chi connectivity index (χ3n) is 4.35. The molecule has 3 rings (SSSR count). The molecular formula is C22H19Cl2F2N3O4. The fraction of sp³-hybridized carbons (Fsp3) is 0.0909. The van der Waals surface area contributed by atoms with E-state index >= 15 is 0 Å². The second-order valence-electron chi connectivity index (χ2n) is 6.48. The van der Waals surface area contributed by atoms with Crippen molar-refractivity contribution in [2.75, 3.05) is 18.6 Å². The number of nitrogens with one attached hydrogen (secondary N) is 1. The van der Waals surface area contributed by atoms with Crippen LogP contribution in [-0.4, -0.2) is 24.1 Å². The van der Waals surface area contributed by atoms with Crippen molar-refractivity contribution in [1.82, 2.24) is 5.32 Å². The molecule has 0 atom stereocenters. The zero-order valence-electron chi connectivity index (χ0n) is 17.2. The number of rotatable bonds is 5. The Morgan fingerprint density at radius 1 is 0.909 bits per heavy atom.